The summed E-state index contributed by atoms with van der Waals surface area (Å²) >= 11 is 0. The number of carbonyl (C=O) groups excluding carboxylic acids is 2. The lowest BCUT2D eigenvalue weighted by Crippen LogP contribution is -2.43. The summed E-state index contributed by atoms with van der Waals surface area (Å²) in [7, 11) is -4.77. The predicted molar refractivity (Wildman–Crippen MR) is 282 cm³/mol. The van der Waals surface area contributed by atoms with Gasteiger partial charge >= 0.3 is 19.8 Å². The van der Waals surface area contributed by atoms with Crippen molar-refractivity contribution < 1.29 is 47.8 Å². The molecule has 0 bridgehead atoms. The Balaban J connectivity index is 3.77. The molecule has 0 spiro atoms. The molecule has 0 aromatic heterocycles. The maximum atomic E-state index is 12.4. The average molecular weight is 982 g/mol. The van der Waals surface area contributed by atoms with E-state index in [9.17, 15) is 34.1 Å². The van der Waals surface area contributed by atoms with Gasteiger partial charge in [-0.3, -0.25) is 18.6 Å². The topological polar surface area (TPSA) is 169 Å². The highest BCUT2D eigenvalue weighted by Crippen LogP contribution is 2.43. The van der Waals surface area contributed by atoms with Crippen molar-refractivity contribution in [1.82, 2.24) is 5.32 Å². The summed E-state index contributed by atoms with van der Waals surface area (Å²) in [5, 5.41) is 22.0. The first-order chi connectivity index (χ1) is 33.1. The summed E-state index contributed by atoms with van der Waals surface area (Å²) < 4.78 is 27.0. The van der Waals surface area contributed by atoms with Crippen LogP contribution in [0.1, 0.15) is 271 Å². The lowest BCUT2D eigenvalue weighted by molar-refractivity contribution is -0.147. The fourth-order valence-corrected chi connectivity index (χ4v) is 8.86. The van der Waals surface area contributed by atoms with Gasteiger partial charge in [-0.25, -0.2) is 9.36 Å². The van der Waals surface area contributed by atoms with Crippen molar-refractivity contribution in [1.29, 1.82) is 0 Å². The van der Waals surface area contributed by atoms with Crippen molar-refractivity contribution in [2.45, 2.75) is 283 Å². The van der Waals surface area contributed by atoms with E-state index in [1.54, 1.807) is 0 Å². The zero-order valence-electron chi connectivity index (χ0n) is 43.7. The number of aliphatic hydroxyl groups is 1. The van der Waals surface area contributed by atoms with Gasteiger partial charge in [0.2, 0.25) is 5.91 Å². The van der Waals surface area contributed by atoms with Gasteiger partial charge in [0, 0.05) is 12.8 Å². The fraction of sp³-hybridized carbons (Fsp3) is 0.839. The number of aliphatic hydroxyl groups excluding tert-OH is 1. The molecule has 0 fully saturated rings. The number of hydrogen-bond donors (Lipinski definition) is 4. The highest BCUT2D eigenvalue weighted by molar-refractivity contribution is 7.47. The van der Waals surface area contributed by atoms with Crippen LogP contribution in [0.5, 0.6) is 0 Å². The maximum absolute atomic E-state index is 12.4. The summed E-state index contributed by atoms with van der Waals surface area (Å²) in [6.45, 7) is 2.62. The number of nitrogens with one attached hydrogen (secondary N) is 1. The molecule has 0 aromatic rings. The third kappa shape index (κ3) is 50.1. The molecule has 0 rings (SSSR count). The summed E-state index contributed by atoms with van der Waals surface area (Å²) in [6.07, 6.45) is 58.8. The zero-order valence-corrected chi connectivity index (χ0v) is 44.6. The van der Waals surface area contributed by atoms with Gasteiger partial charge in [-0.1, -0.05) is 243 Å². The van der Waals surface area contributed by atoms with Crippen LogP contribution >= 0.6 is 7.82 Å². The predicted octanol–water partition coefficient (Wildman–Crippen LogP) is 15.9. The number of phosphoric acid groups is 1. The molecule has 12 heteroatoms. The number of carbonyl (C=O) groups is 3. The molecule has 0 aliphatic rings. The quantitative estimate of drug-likeness (QED) is 0.0199. The second kappa shape index (κ2) is 51.1. The van der Waals surface area contributed by atoms with Gasteiger partial charge in [-0.05, 0) is 51.4 Å². The molecule has 11 nitrogen and oxygen atoms in total. The van der Waals surface area contributed by atoms with Crippen molar-refractivity contribution in [3.63, 3.8) is 0 Å². The van der Waals surface area contributed by atoms with Crippen LogP contribution < -0.4 is 5.32 Å². The maximum Gasteiger partial charge on any atom is 0.472 e. The Kier molecular flexibility index (Phi) is 49.3. The van der Waals surface area contributed by atoms with Crippen molar-refractivity contribution >= 4 is 25.7 Å². The van der Waals surface area contributed by atoms with Gasteiger partial charge < -0.3 is 25.2 Å². The number of carboxylic acid groups (broad SMARTS) is 1. The summed E-state index contributed by atoms with van der Waals surface area (Å²) in [5.41, 5.74) is 0. The Hall–Kier alpha value is -2.30. The van der Waals surface area contributed by atoms with Crippen LogP contribution in [0.3, 0.4) is 0 Å². The summed E-state index contributed by atoms with van der Waals surface area (Å²) in [4.78, 5) is 46.2. The molecule has 3 atom stereocenters. The van der Waals surface area contributed by atoms with Crippen LogP contribution in [0.4, 0.5) is 0 Å². The second-order valence-electron chi connectivity index (χ2n) is 19.1. The monoisotopic (exact) mass is 982 g/mol. The van der Waals surface area contributed by atoms with Gasteiger partial charge in [0.05, 0.1) is 13.2 Å². The number of unbranched alkanes of at least 4 members (excludes halogenated alkanes) is 33. The molecule has 0 aliphatic carbocycles. The number of amides is 1. The van der Waals surface area contributed by atoms with Gasteiger partial charge in [-0.2, -0.15) is 0 Å². The van der Waals surface area contributed by atoms with Gasteiger partial charge in [0.15, 0.2) is 6.04 Å². The smallest absolute Gasteiger partial charge is 0.472 e. The number of esters is 1. The largest absolute Gasteiger partial charge is 0.480 e. The van der Waals surface area contributed by atoms with Crippen molar-refractivity contribution in [3.05, 3.63) is 36.5 Å². The van der Waals surface area contributed by atoms with Crippen LogP contribution in [0.25, 0.3) is 0 Å². The minimum absolute atomic E-state index is 0.138. The molecule has 68 heavy (non-hydrogen) atoms. The second-order valence-corrected chi connectivity index (χ2v) is 20.6. The normalized spacial score (nSPS) is 13.7. The molecular weight excluding hydrogens is 878 g/mol. The Morgan fingerprint density at radius 1 is 0.471 bits per heavy atom. The van der Waals surface area contributed by atoms with Crippen molar-refractivity contribution in [3.8, 4) is 0 Å². The molecule has 0 saturated carbocycles. The number of rotatable bonds is 53. The number of phosphoric ester groups is 1. The minimum atomic E-state index is -4.77. The molecule has 0 aromatic carbocycles. The molecule has 0 saturated heterocycles. The van der Waals surface area contributed by atoms with Crippen LogP contribution in [0.2, 0.25) is 0 Å². The van der Waals surface area contributed by atoms with E-state index < -0.39 is 57.6 Å². The highest BCUT2D eigenvalue weighted by Gasteiger charge is 2.28. The number of ether oxygens (including phenoxy) is 1. The van der Waals surface area contributed by atoms with Crippen molar-refractivity contribution in [2.24, 2.45) is 0 Å². The van der Waals surface area contributed by atoms with E-state index >= 15 is 0 Å². The molecule has 0 heterocycles. The van der Waals surface area contributed by atoms with Gasteiger partial charge in [0.25, 0.3) is 0 Å². The van der Waals surface area contributed by atoms with E-state index in [4.69, 9.17) is 13.8 Å². The molecule has 3 unspecified atom stereocenters. The summed E-state index contributed by atoms with van der Waals surface area (Å²) in [5.74, 6) is -2.37. The molecule has 0 radical (unpaired) electrons. The fourth-order valence-electron chi connectivity index (χ4n) is 8.09. The number of hydrogen-bond acceptors (Lipinski definition) is 8. The van der Waals surface area contributed by atoms with Gasteiger partial charge in [0.1, 0.15) is 12.7 Å². The first kappa shape index (κ1) is 65.7. The van der Waals surface area contributed by atoms with Crippen LogP contribution in [0.15, 0.2) is 36.5 Å². The standard InChI is InChI=1S/C56H104NO10P/c1-3-5-7-9-11-13-15-17-19-21-23-25-26-28-30-32-34-36-38-40-42-44-46-48-55(60)65-49-52(58)50-66-68(63,64)67-51-53(56(61)62)57-54(59)47-45-43-41-39-37-35-33-31-29-27-24-22-20-18-16-14-12-10-8-6-4-2/h12,14,18,20,24,27,52-53,58H,3-11,13,15-17,19,21-23,25-26,28-51H2,1-2H3,(H,57,59)(H,61,62)(H,63,64)/b14-12-,20-18-,27-24-. The van der Waals surface area contributed by atoms with E-state index in [0.29, 0.717) is 12.8 Å². The van der Waals surface area contributed by atoms with Gasteiger partial charge in [-0.15, -0.1) is 0 Å². The third-order valence-corrected chi connectivity index (χ3v) is 13.4. The average Bonchev–Trinajstić information content (AvgIpc) is 3.32. The Morgan fingerprint density at radius 2 is 0.809 bits per heavy atom. The third-order valence-electron chi connectivity index (χ3n) is 12.4. The van der Waals surface area contributed by atoms with E-state index in [1.165, 1.54) is 167 Å². The number of carboxylic acids is 1. The molecule has 398 valence electrons. The first-order valence-corrected chi connectivity index (χ1v) is 29.5. The lowest BCUT2D eigenvalue weighted by atomic mass is 10.0. The van der Waals surface area contributed by atoms with Crippen LogP contribution in [-0.4, -0.2) is 64.9 Å². The zero-order chi connectivity index (χ0) is 49.9. The van der Waals surface area contributed by atoms with E-state index in [2.05, 4.69) is 55.6 Å². The summed E-state index contributed by atoms with van der Waals surface area (Å²) in [6, 6.07) is -1.55. The lowest BCUT2D eigenvalue weighted by Gasteiger charge is -2.18. The van der Waals surface area contributed by atoms with Crippen LogP contribution in [0, 0.1) is 0 Å². The number of allylic oxidation sites excluding steroid dienone is 6. The first-order valence-electron chi connectivity index (χ1n) is 28.0. The highest BCUT2D eigenvalue weighted by atomic mass is 31.2. The minimum Gasteiger partial charge on any atom is -0.480 e. The Bertz CT molecular complexity index is 1290. The number of aliphatic carboxylic acids is 1. The van der Waals surface area contributed by atoms with Crippen LogP contribution in [-0.2, 0) is 32.7 Å². The Labute approximate surface area is 416 Å². The SMILES string of the molecule is CCCCC/C=C\C/C=C\C/C=C\CCCCCCCCCCC(=O)NC(COP(=O)(O)OCC(O)COC(=O)CCCCCCCCCCCCCCCCCCCCCCCCC)C(=O)O. The molecule has 4 N–H and O–H groups in total. The van der Waals surface area contributed by atoms with E-state index in [1.807, 2.05) is 0 Å². The van der Waals surface area contributed by atoms with E-state index in [-0.39, 0.29) is 12.8 Å². The van der Waals surface area contributed by atoms with E-state index in [0.717, 1.165) is 64.2 Å². The molecule has 0 aliphatic heterocycles. The molecular formula is C56H104NO10P. The molecule has 1 amide bonds. The van der Waals surface area contributed by atoms with Crippen molar-refractivity contribution in [2.75, 3.05) is 19.8 Å². The Morgan fingerprint density at radius 3 is 1.24 bits per heavy atom.